The monoisotopic (exact) mass is 935 g/mol. The summed E-state index contributed by atoms with van der Waals surface area (Å²) in [7, 11) is 1.46. The first kappa shape index (κ1) is 48.8. The molecule has 18 nitrogen and oxygen atoms in total. The minimum Gasteiger partial charge on any atom is -0.495 e. The number of pyridine rings is 1. The molecule has 6 aliphatic rings. The third kappa shape index (κ3) is 8.94. The number of alkyl carbamates (subject to hydrolysis) is 1. The Morgan fingerprint density at radius 1 is 1.01 bits per heavy atom. The Morgan fingerprint density at radius 3 is 2.34 bits per heavy atom. The maximum absolute atomic E-state index is 14.5. The van der Waals surface area contributed by atoms with Crippen molar-refractivity contribution >= 4 is 24.0 Å². The number of hydrogen-bond donors (Lipinski definition) is 3. The molecule has 5 fully saturated rings. The average Bonchev–Trinajstić information content (AvgIpc) is 3.68. The Labute approximate surface area is 390 Å². The lowest BCUT2D eigenvalue weighted by molar-refractivity contribution is -0.345. The Bertz CT molecular complexity index is 2210. The minimum absolute atomic E-state index is 0.0411. The third-order valence-corrected chi connectivity index (χ3v) is 14.9. The first-order valence-electron chi connectivity index (χ1n) is 23.1. The van der Waals surface area contributed by atoms with Gasteiger partial charge in [-0.15, -0.1) is 0 Å². The van der Waals surface area contributed by atoms with Crippen molar-refractivity contribution in [3.05, 3.63) is 71.1 Å². The van der Waals surface area contributed by atoms with Gasteiger partial charge in [-0.25, -0.2) is 14.4 Å². The van der Waals surface area contributed by atoms with Gasteiger partial charge < -0.3 is 58.2 Å². The second-order valence-electron chi connectivity index (χ2n) is 20.5. The standard InChI is InChI=1S/C49H65N3O15/c1-27-32(62-43(56)37(54)36(51-44(57)67-45(3,4)5)31-16-15-30(59-9)24-50-31)23-49(58)41(65-42(55)29-13-11-10-12-14-29)39-47(8,18-17-33-48(39,26-61-33)66-28(2)53)40-38(35(27)46(49,6)7)63-34(64-40)25-52-19-21-60-22-20-52/h10-16,24,32-34,36-41,54,58H,17-23,25-26H2,1-9H3,(H,51,57)/t32-,33+,34+,36-,37+,38+,39-,40+,41-,47+,48-,49+/m0/s1. The molecule has 18 heteroatoms. The lowest BCUT2D eigenvalue weighted by Crippen LogP contribution is -2.79. The van der Waals surface area contributed by atoms with Gasteiger partial charge in [-0.05, 0) is 75.9 Å². The second-order valence-corrected chi connectivity index (χ2v) is 20.5. The smallest absolute Gasteiger partial charge is 0.408 e. The van der Waals surface area contributed by atoms with E-state index in [9.17, 15) is 29.4 Å². The summed E-state index contributed by atoms with van der Waals surface area (Å²) in [6.07, 6.45) is -6.72. The number of benzene rings is 1. The molecule has 2 saturated carbocycles. The fourth-order valence-corrected chi connectivity index (χ4v) is 11.6. The Kier molecular flexibility index (Phi) is 13.3. The molecule has 4 heterocycles. The van der Waals surface area contributed by atoms with Gasteiger partial charge in [-0.1, -0.05) is 39.0 Å². The van der Waals surface area contributed by atoms with Crippen molar-refractivity contribution in [1.82, 2.24) is 15.2 Å². The zero-order valence-corrected chi connectivity index (χ0v) is 39.8. The van der Waals surface area contributed by atoms with Crippen LogP contribution in [0.15, 0.2) is 59.8 Å². The van der Waals surface area contributed by atoms with Gasteiger partial charge in [-0.3, -0.25) is 14.7 Å². The Morgan fingerprint density at radius 2 is 1.73 bits per heavy atom. The molecule has 1 aromatic carbocycles. The molecular weight excluding hydrogens is 871 g/mol. The molecule has 1 amide bonds. The Hall–Kier alpha value is -4.69. The largest absolute Gasteiger partial charge is 0.495 e. The molecular formula is C49H65N3O15. The summed E-state index contributed by atoms with van der Waals surface area (Å²) in [4.78, 5) is 62.1. The molecule has 0 spiro atoms. The van der Waals surface area contributed by atoms with Crippen LogP contribution in [-0.2, 0) is 47.5 Å². The molecule has 2 aromatic rings. The van der Waals surface area contributed by atoms with Gasteiger partial charge in [0.2, 0.25) is 0 Å². The maximum atomic E-state index is 14.5. The topological polar surface area (TPSA) is 220 Å². The highest BCUT2D eigenvalue weighted by Crippen LogP contribution is 2.66. The molecule has 3 saturated heterocycles. The normalized spacial score (nSPS) is 34.3. The minimum atomic E-state index is -2.10. The maximum Gasteiger partial charge on any atom is 0.408 e. The first-order chi connectivity index (χ1) is 31.6. The predicted octanol–water partition coefficient (Wildman–Crippen LogP) is 4.20. The molecule has 12 atom stereocenters. The van der Waals surface area contributed by atoms with E-state index < -0.39 is 107 Å². The summed E-state index contributed by atoms with van der Waals surface area (Å²) in [5.41, 5.74) is -5.29. The lowest BCUT2D eigenvalue weighted by atomic mass is 9.45. The van der Waals surface area contributed by atoms with Gasteiger partial charge in [0, 0.05) is 43.8 Å². The van der Waals surface area contributed by atoms with Crippen molar-refractivity contribution in [3.8, 4) is 5.75 Å². The summed E-state index contributed by atoms with van der Waals surface area (Å²) in [5.74, 6) is -3.03. The number of nitrogens with zero attached hydrogens (tertiary/aromatic N) is 2. The predicted molar refractivity (Wildman–Crippen MR) is 236 cm³/mol. The van der Waals surface area contributed by atoms with E-state index in [2.05, 4.69) is 15.2 Å². The number of ether oxygens (including phenoxy) is 9. The third-order valence-electron chi connectivity index (χ3n) is 14.9. The molecule has 3 aliphatic heterocycles. The molecule has 8 rings (SSSR count). The number of aromatic nitrogens is 1. The van der Waals surface area contributed by atoms with E-state index >= 15 is 0 Å². The van der Waals surface area contributed by atoms with Crippen LogP contribution in [0, 0.1) is 16.7 Å². The number of amides is 1. The fourth-order valence-electron chi connectivity index (χ4n) is 11.6. The quantitative estimate of drug-likeness (QED) is 0.163. The van der Waals surface area contributed by atoms with Crippen LogP contribution in [0.4, 0.5) is 4.79 Å². The molecule has 2 bridgehead atoms. The van der Waals surface area contributed by atoms with Crippen LogP contribution < -0.4 is 10.1 Å². The number of esters is 3. The van der Waals surface area contributed by atoms with Crippen molar-refractivity contribution in [3.63, 3.8) is 0 Å². The van der Waals surface area contributed by atoms with E-state index in [-0.39, 0.29) is 24.3 Å². The summed E-state index contributed by atoms with van der Waals surface area (Å²) >= 11 is 0. The zero-order chi connectivity index (χ0) is 48.3. The van der Waals surface area contributed by atoms with Crippen LogP contribution in [0.3, 0.4) is 0 Å². The average molecular weight is 936 g/mol. The molecule has 0 radical (unpaired) electrons. The first-order valence-corrected chi connectivity index (χ1v) is 23.1. The van der Waals surface area contributed by atoms with Crippen LogP contribution in [0.1, 0.15) is 96.7 Å². The SMILES string of the molecule is COc1ccc([C@H](NC(=O)OC(C)(C)C)[C@@H](O)C(=O)O[C@H]2C[C@@]3(O)[C@@H](OC(=O)c4ccccc4)[C@H]4[C@@](C)(CC[C@H]5OC[C@]54OC(C)=O)[C@@H]4O[C@H](CN5CCOCC5)O[C@@H]4C(=C2C)C3(C)C)nc1. The van der Waals surface area contributed by atoms with Gasteiger partial charge >= 0.3 is 24.0 Å². The van der Waals surface area contributed by atoms with Crippen LogP contribution in [0.25, 0.3) is 0 Å². The number of hydrogen-bond acceptors (Lipinski definition) is 17. The van der Waals surface area contributed by atoms with E-state index in [1.54, 1.807) is 64.1 Å². The van der Waals surface area contributed by atoms with E-state index in [0.29, 0.717) is 62.6 Å². The van der Waals surface area contributed by atoms with Gasteiger partial charge in [0.15, 0.2) is 18.0 Å². The summed E-state index contributed by atoms with van der Waals surface area (Å²) in [6.45, 7) is 16.6. The van der Waals surface area contributed by atoms with Crippen LogP contribution in [0.5, 0.6) is 5.75 Å². The molecule has 3 aliphatic carbocycles. The van der Waals surface area contributed by atoms with Crippen molar-refractivity contribution < 1.29 is 72.0 Å². The molecule has 0 unspecified atom stereocenters. The number of fused-ring (bicyclic) bond motifs is 8. The lowest BCUT2D eigenvalue weighted by Gasteiger charge is -2.68. The molecule has 1 aromatic heterocycles. The Balaban J connectivity index is 1.26. The van der Waals surface area contributed by atoms with E-state index in [1.165, 1.54) is 26.3 Å². The van der Waals surface area contributed by atoms with Crippen molar-refractivity contribution in [1.29, 1.82) is 0 Å². The van der Waals surface area contributed by atoms with Crippen LogP contribution in [0.2, 0.25) is 0 Å². The highest BCUT2D eigenvalue weighted by atomic mass is 16.7. The van der Waals surface area contributed by atoms with Crippen molar-refractivity contribution in [2.75, 3.05) is 46.6 Å². The summed E-state index contributed by atoms with van der Waals surface area (Å²) < 4.78 is 56.1. The fraction of sp³-hybridized carbons (Fsp3) is 0.653. The number of carbonyl (C=O) groups is 4. The van der Waals surface area contributed by atoms with E-state index in [1.807, 2.05) is 20.8 Å². The summed E-state index contributed by atoms with van der Waals surface area (Å²) in [5, 5.41) is 28.5. The number of nitrogens with one attached hydrogen (secondary N) is 1. The molecule has 3 N–H and O–H groups in total. The highest BCUT2D eigenvalue weighted by Gasteiger charge is 2.77. The number of methoxy groups -OCH3 is 1. The second kappa shape index (κ2) is 18.3. The van der Waals surface area contributed by atoms with Gasteiger partial charge in [0.1, 0.15) is 47.4 Å². The molecule has 366 valence electrons. The van der Waals surface area contributed by atoms with Gasteiger partial charge in [-0.2, -0.15) is 0 Å². The zero-order valence-electron chi connectivity index (χ0n) is 39.8. The van der Waals surface area contributed by atoms with Crippen molar-refractivity contribution in [2.45, 2.75) is 140 Å². The van der Waals surface area contributed by atoms with Gasteiger partial charge in [0.05, 0.1) is 56.4 Å². The number of aliphatic hydroxyl groups excluding tert-OH is 1. The molecule has 67 heavy (non-hydrogen) atoms. The van der Waals surface area contributed by atoms with E-state index in [0.717, 1.165) is 0 Å². The highest BCUT2D eigenvalue weighted by molar-refractivity contribution is 5.89. The van der Waals surface area contributed by atoms with Crippen molar-refractivity contribution in [2.24, 2.45) is 16.7 Å². The van der Waals surface area contributed by atoms with E-state index in [4.69, 9.17) is 42.6 Å². The number of carbonyl (C=O) groups excluding carboxylic acids is 4. The van der Waals surface area contributed by atoms with Gasteiger partial charge in [0.25, 0.3) is 0 Å². The number of rotatable bonds is 11. The van der Waals surface area contributed by atoms with Crippen LogP contribution in [-0.4, -0.2) is 150 Å². The number of morpholine rings is 1. The van der Waals surface area contributed by atoms with Crippen LogP contribution >= 0.6 is 0 Å². The summed E-state index contributed by atoms with van der Waals surface area (Å²) in [6, 6.07) is 9.98. The number of aliphatic hydroxyl groups is 2.